The minimum atomic E-state index is -0.311. The van der Waals surface area contributed by atoms with E-state index in [-0.39, 0.29) is 17.6 Å². The molecule has 18 heavy (non-hydrogen) atoms. The van der Waals surface area contributed by atoms with E-state index in [0.29, 0.717) is 12.6 Å². The molecule has 102 valence electrons. The molecule has 0 spiro atoms. The Morgan fingerprint density at radius 2 is 1.72 bits per heavy atom. The zero-order valence-corrected chi connectivity index (χ0v) is 11.8. The molecular formula is C12H22N4O2. The molecular weight excluding hydrogens is 232 g/mol. The molecule has 0 atom stereocenters. The summed E-state index contributed by atoms with van der Waals surface area (Å²) in [5.41, 5.74) is -0.311. The number of hydrogen-bond acceptors (Lipinski definition) is 6. The van der Waals surface area contributed by atoms with Gasteiger partial charge in [-0.3, -0.25) is 0 Å². The van der Waals surface area contributed by atoms with Gasteiger partial charge in [0.15, 0.2) is 0 Å². The highest BCUT2D eigenvalue weighted by molar-refractivity contribution is 5.27. The number of ether oxygens (including phenoxy) is 2. The molecule has 6 nitrogen and oxygen atoms in total. The Hall–Kier alpha value is -1.59. The zero-order chi connectivity index (χ0) is 13.6. The third-order valence-corrected chi connectivity index (χ3v) is 2.42. The maximum absolute atomic E-state index is 5.74. The van der Waals surface area contributed by atoms with Crippen molar-refractivity contribution in [1.29, 1.82) is 0 Å². The van der Waals surface area contributed by atoms with Gasteiger partial charge in [0.1, 0.15) is 5.60 Å². The fourth-order valence-corrected chi connectivity index (χ4v) is 1.13. The molecule has 1 aromatic heterocycles. The number of nitrogens with zero attached hydrogens (tertiary/aromatic N) is 3. The van der Waals surface area contributed by atoms with Gasteiger partial charge in [-0.2, -0.15) is 9.97 Å². The van der Waals surface area contributed by atoms with E-state index in [1.54, 1.807) is 0 Å². The van der Waals surface area contributed by atoms with Gasteiger partial charge in [0.05, 0.1) is 6.61 Å². The highest BCUT2D eigenvalue weighted by atomic mass is 16.5. The predicted molar refractivity (Wildman–Crippen MR) is 70.2 cm³/mol. The number of anilines is 1. The van der Waals surface area contributed by atoms with E-state index >= 15 is 0 Å². The molecule has 0 aliphatic carbocycles. The maximum atomic E-state index is 5.74. The molecule has 0 aromatic carbocycles. The van der Waals surface area contributed by atoms with Crippen LogP contribution >= 0.6 is 0 Å². The second kappa shape index (κ2) is 6.37. The van der Waals surface area contributed by atoms with Gasteiger partial charge in [-0.15, -0.1) is 4.98 Å². The average Bonchev–Trinajstić information content (AvgIpc) is 2.29. The summed E-state index contributed by atoms with van der Waals surface area (Å²) >= 11 is 0. The molecule has 1 heterocycles. The molecule has 0 amide bonds. The highest BCUT2D eigenvalue weighted by Crippen LogP contribution is 2.20. The van der Waals surface area contributed by atoms with Crippen LogP contribution in [0.25, 0.3) is 0 Å². The lowest BCUT2D eigenvalue weighted by atomic mass is 10.1. The first-order valence-corrected chi connectivity index (χ1v) is 6.32. The highest BCUT2D eigenvalue weighted by Gasteiger charge is 2.20. The minimum Gasteiger partial charge on any atom is -0.464 e. The number of aromatic nitrogens is 3. The smallest absolute Gasteiger partial charge is 0.324 e. The van der Waals surface area contributed by atoms with Crippen LogP contribution in [0.15, 0.2) is 0 Å². The second-order valence-electron chi connectivity index (χ2n) is 4.40. The molecule has 1 aromatic rings. The van der Waals surface area contributed by atoms with Crippen LogP contribution in [-0.2, 0) is 0 Å². The van der Waals surface area contributed by atoms with E-state index in [4.69, 9.17) is 9.47 Å². The standard InChI is InChI=1S/C12H22N4O2/c1-6-12(4,5)18-11-15-9(13-7-2)14-10(16-11)17-8-3/h6-8H2,1-5H3,(H,13,14,15,16). The Balaban J connectivity index is 2.95. The Labute approximate surface area is 108 Å². The average molecular weight is 254 g/mol. The minimum absolute atomic E-state index is 0.283. The van der Waals surface area contributed by atoms with Crippen molar-refractivity contribution in [2.75, 3.05) is 18.5 Å². The van der Waals surface area contributed by atoms with Gasteiger partial charge in [0.2, 0.25) is 5.95 Å². The number of hydrogen-bond donors (Lipinski definition) is 1. The quantitative estimate of drug-likeness (QED) is 0.805. The van der Waals surface area contributed by atoms with E-state index in [2.05, 4.69) is 27.2 Å². The summed E-state index contributed by atoms with van der Waals surface area (Å²) in [5.74, 6) is 0.470. The van der Waals surface area contributed by atoms with Crippen LogP contribution in [0.1, 0.15) is 41.0 Å². The van der Waals surface area contributed by atoms with Crippen molar-refractivity contribution >= 4 is 5.95 Å². The fourth-order valence-electron chi connectivity index (χ4n) is 1.13. The van der Waals surface area contributed by atoms with Gasteiger partial charge in [-0.1, -0.05) is 6.92 Å². The summed E-state index contributed by atoms with van der Waals surface area (Å²) in [6, 6.07) is 0.571. The van der Waals surface area contributed by atoms with E-state index in [1.807, 2.05) is 27.7 Å². The monoisotopic (exact) mass is 254 g/mol. The molecule has 0 saturated heterocycles. The summed E-state index contributed by atoms with van der Waals surface area (Å²) in [4.78, 5) is 12.5. The molecule has 0 bridgehead atoms. The number of rotatable bonds is 7. The van der Waals surface area contributed by atoms with Gasteiger partial charge in [0.25, 0.3) is 0 Å². The van der Waals surface area contributed by atoms with Crippen LogP contribution in [0.2, 0.25) is 0 Å². The Bertz CT molecular complexity index is 358. The normalized spacial score (nSPS) is 11.2. The van der Waals surface area contributed by atoms with Gasteiger partial charge in [-0.25, -0.2) is 0 Å². The summed E-state index contributed by atoms with van der Waals surface area (Å²) in [5, 5.41) is 3.03. The summed E-state index contributed by atoms with van der Waals surface area (Å²) in [6.07, 6.45) is 0.860. The Kier molecular flexibility index (Phi) is 5.12. The molecule has 0 aliphatic rings. The lowest BCUT2D eigenvalue weighted by molar-refractivity contribution is 0.0908. The number of nitrogens with one attached hydrogen (secondary N) is 1. The fraction of sp³-hybridized carbons (Fsp3) is 0.750. The first-order chi connectivity index (χ1) is 8.50. The van der Waals surface area contributed by atoms with E-state index in [9.17, 15) is 0 Å². The Morgan fingerprint density at radius 1 is 1.06 bits per heavy atom. The predicted octanol–water partition coefficient (Wildman–Crippen LogP) is 2.27. The van der Waals surface area contributed by atoms with Gasteiger partial charge >= 0.3 is 12.0 Å². The molecule has 0 aliphatic heterocycles. The van der Waals surface area contributed by atoms with Gasteiger partial charge in [0, 0.05) is 6.54 Å². The maximum Gasteiger partial charge on any atom is 0.324 e. The lowest BCUT2D eigenvalue weighted by Gasteiger charge is -2.23. The van der Waals surface area contributed by atoms with Crippen LogP contribution < -0.4 is 14.8 Å². The SMILES string of the molecule is CCNc1nc(OCC)nc(OC(C)(C)CC)n1. The van der Waals surface area contributed by atoms with Crippen molar-refractivity contribution in [1.82, 2.24) is 15.0 Å². The molecule has 0 fully saturated rings. The third-order valence-electron chi connectivity index (χ3n) is 2.42. The van der Waals surface area contributed by atoms with Gasteiger partial charge in [-0.05, 0) is 34.1 Å². The summed E-state index contributed by atoms with van der Waals surface area (Å²) in [6.45, 7) is 11.1. The second-order valence-corrected chi connectivity index (χ2v) is 4.40. The Morgan fingerprint density at radius 3 is 2.28 bits per heavy atom. The van der Waals surface area contributed by atoms with Crippen LogP contribution in [0.5, 0.6) is 12.0 Å². The van der Waals surface area contributed by atoms with Gasteiger partial charge < -0.3 is 14.8 Å². The molecule has 1 rings (SSSR count). The van der Waals surface area contributed by atoms with Crippen molar-refractivity contribution in [2.24, 2.45) is 0 Å². The molecule has 0 unspecified atom stereocenters. The lowest BCUT2D eigenvalue weighted by Crippen LogP contribution is -2.28. The summed E-state index contributed by atoms with van der Waals surface area (Å²) in [7, 11) is 0. The van der Waals surface area contributed by atoms with E-state index < -0.39 is 0 Å². The van der Waals surface area contributed by atoms with Crippen molar-refractivity contribution in [3.8, 4) is 12.0 Å². The van der Waals surface area contributed by atoms with E-state index in [1.165, 1.54) is 0 Å². The van der Waals surface area contributed by atoms with Crippen molar-refractivity contribution in [2.45, 2.75) is 46.6 Å². The van der Waals surface area contributed by atoms with Crippen LogP contribution in [0, 0.1) is 0 Å². The molecule has 1 N–H and O–H groups in total. The zero-order valence-electron chi connectivity index (χ0n) is 11.8. The molecule has 0 radical (unpaired) electrons. The van der Waals surface area contributed by atoms with Crippen molar-refractivity contribution in [3.05, 3.63) is 0 Å². The largest absolute Gasteiger partial charge is 0.464 e. The third kappa shape index (κ3) is 4.35. The van der Waals surface area contributed by atoms with Crippen LogP contribution in [-0.4, -0.2) is 33.7 Å². The van der Waals surface area contributed by atoms with Crippen molar-refractivity contribution < 1.29 is 9.47 Å². The van der Waals surface area contributed by atoms with Crippen molar-refractivity contribution in [3.63, 3.8) is 0 Å². The topological polar surface area (TPSA) is 69.2 Å². The van der Waals surface area contributed by atoms with E-state index in [0.717, 1.165) is 13.0 Å². The van der Waals surface area contributed by atoms with Crippen LogP contribution in [0.3, 0.4) is 0 Å². The molecule has 6 heteroatoms. The summed E-state index contributed by atoms with van der Waals surface area (Å²) < 4.78 is 11.0. The first-order valence-electron chi connectivity index (χ1n) is 6.32. The van der Waals surface area contributed by atoms with Crippen LogP contribution in [0.4, 0.5) is 5.95 Å². The first kappa shape index (κ1) is 14.5. The molecule has 0 saturated carbocycles.